The number of hydrogen-bond donors (Lipinski definition) is 4. The van der Waals surface area contributed by atoms with Gasteiger partial charge in [-0.1, -0.05) is 77.4 Å². The largest absolute Gasteiger partial charge is 0.457 e. The lowest BCUT2D eigenvalue weighted by atomic mass is 9.99. The van der Waals surface area contributed by atoms with Gasteiger partial charge in [-0.05, 0) is 32.1 Å². The van der Waals surface area contributed by atoms with Crippen LogP contribution in [-0.4, -0.2) is 89.6 Å². The number of esters is 1. The number of unbranched alkanes of at least 4 members (excludes halogenated alkanes) is 10. The second-order valence-electron chi connectivity index (χ2n) is 10.2. The van der Waals surface area contributed by atoms with Crippen molar-refractivity contribution in [2.24, 2.45) is 0 Å². The van der Waals surface area contributed by atoms with Crippen molar-refractivity contribution in [3.05, 3.63) is 12.2 Å². The molecule has 0 radical (unpaired) electrons. The van der Waals surface area contributed by atoms with E-state index in [9.17, 15) is 25.2 Å². The van der Waals surface area contributed by atoms with E-state index in [4.69, 9.17) is 18.9 Å². The van der Waals surface area contributed by atoms with Crippen molar-refractivity contribution in [3.8, 4) is 0 Å². The fraction of sp³-hybridized carbons (Fsp3) is 0.897. The Kier molecular flexibility index (Phi) is 20.9. The molecule has 9 heteroatoms. The van der Waals surface area contributed by atoms with Gasteiger partial charge < -0.3 is 39.4 Å². The monoisotopic (exact) mass is 546 g/mol. The highest BCUT2D eigenvalue weighted by Crippen LogP contribution is 2.22. The summed E-state index contributed by atoms with van der Waals surface area (Å²) in [5.41, 5.74) is 0. The first-order valence-electron chi connectivity index (χ1n) is 14.8. The van der Waals surface area contributed by atoms with E-state index in [2.05, 4.69) is 26.0 Å². The summed E-state index contributed by atoms with van der Waals surface area (Å²) < 4.78 is 22.3. The van der Waals surface area contributed by atoms with E-state index < -0.39 is 43.4 Å². The smallest absolute Gasteiger partial charge is 0.306 e. The Balaban J connectivity index is 2.38. The van der Waals surface area contributed by atoms with Crippen molar-refractivity contribution in [2.45, 2.75) is 141 Å². The van der Waals surface area contributed by atoms with Gasteiger partial charge in [0, 0.05) is 13.0 Å². The van der Waals surface area contributed by atoms with Crippen molar-refractivity contribution in [3.63, 3.8) is 0 Å². The maximum absolute atomic E-state index is 12.3. The third kappa shape index (κ3) is 15.5. The molecule has 1 rings (SSSR count). The van der Waals surface area contributed by atoms with Crippen molar-refractivity contribution in [2.75, 3.05) is 26.4 Å². The van der Waals surface area contributed by atoms with Gasteiger partial charge in [-0.15, -0.1) is 0 Å². The minimum Gasteiger partial charge on any atom is -0.457 e. The van der Waals surface area contributed by atoms with Crippen LogP contribution in [0.5, 0.6) is 0 Å². The molecule has 224 valence electrons. The van der Waals surface area contributed by atoms with Gasteiger partial charge >= 0.3 is 5.97 Å². The van der Waals surface area contributed by atoms with Crippen LogP contribution in [0.25, 0.3) is 0 Å². The number of allylic oxidation sites excluding steroid dienone is 2. The van der Waals surface area contributed by atoms with E-state index in [1.165, 1.54) is 38.5 Å². The average Bonchev–Trinajstić information content (AvgIpc) is 2.91. The van der Waals surface area contributed by atoms with E-state index in [-0.39, 0.29) is 19.2 Å². The van der Waals surface area contributed by atoms with Crippen LogP contribution in [-0.2, 0) is 23.7 Å². The molecule has 4 N–H and O–H groups in total. The Bertz CT molecular complexity index is 599. The second kappa shape index (κ2) is 22.7. The van der Waals surface area contributed by atoms with E-state index in [0.29, 0.717) is 13.0 Å². The molecule has 38 heavy (non-hydrogen) atoms. The third-order valence-corrected chi connectivity index (χ3v) is 6.66. The summed E-state index contributed by atoms with van der Waals surface area (Å²) >= 11 is 0. The zero-order valence-corrected chi connectivity index (χ0v) is 23.7. The SMILES string of the molecule is CCC/C=C\CCCCCCCCOCC(COC1OC(CO)C(O)C(O)C1O)OC(=O)CCCCCC. The molecule has 0 aromatic rings. The average molecular weight is 547 g/mol. The summed E-state index contributed by atoms with van der Waals surface area (Å²) in [7, 11) is 0. The summed E-state index contributed by atoms with van der Waals surface area (Å²) in [6.07, 6.45) is 11.5. The van der Waals surface area contributed by atoms with E-state index >= 15 is 0 Å². The molecule has 1 saturated heterocycles. The van der Waals surface area contributed by atoms with Crippen LogP contribution >= 0.6 is 0 Å². The lowest BCUT2D eigenvalue weighted by Gasteiger charge is -2.39. The number of ether oxygens (including phenoxy) is 4. The van der Waals surface area contributed by atoms with Crippen LogP contribution in [0.1, 0.15) is 104 Å². The van der Waals surface area contributed by atoms with Crippen molar-refractivity contribution >= 4 is 5.97 Å². The lowest BCUT2D eigenvalue weighted by molar-refractivity contribution is -0.305. The topological polar surface area (TPSA) is 135 Å². The number of carbonyl (C=O) groups is 1. The van der Waals surface area contributed by atoms with Gasteiger partial charge in [0.1, 0.15) is 30.5 Å². The van der Waals surface area contributed by atoms with Crippen LogP contribution < -0.4 is 0 Å². The molecule has 1 aliphatic heterocycles. The van der Waals surface area contributed by atoms with E-state index in [0.717, 1.165) is 44.9 Å². The molecule has 6 unspecified atom stereocenters. The van der Waals surface area contributed by atoms with Crippen LogP contribution in [0.15, 0.2) is 12.2 Å². The number of aliphatic hydroxyl groups is 4. The minimum absolute atomic E-state index is 0.115. The molecule has 9 nitrogen and oxygen atoms in total. The predicted octanol–water partition coefficient (Wildman–Crippen LogP) is 3.79. The zero-order valence-electron chi connectivity index (χ0n) is 23.7. The minimum atomic E-state index is -1.53. The fourth-order valence-electron chi connectivity index (χ4n) is 4.25. The van der Waals surface area contributed by atoms with Gasteiger partial charge in [-0.2, -0.15) is 0 Å². The maximum atomic E-state index is 12.3. The first-order chi connectivity index (χ1) is 18.4. The Morgan fingerprint density at radius 2 is 1.50 bits per heavy atom. The molecule has 0 aromatic heterocycles. The standard InChI is InChI=1S/C29H54O9/c1-3-5-7-9-10-11-12-13-14-15-17-19-35-21-23(37-25(31)18-16-8-6-4-2)22-36-29-28(34)27(33)26(32)24(20-30)38-29/h7,9,23-24,26-30,32-34H,3-6,8,10-22H2,1-2H3/b9-7-. The maximum Gasteiger partial charge on any atom is 0.306 e. The molecule has 0 bridgehead atoms. The molecular formula is C29H54O9. The van der Waals surface area contributed by atoms with Crippen LogP contribution in [0.3, 0.4) is 0 Å². The molecular weight excluding hydrogens is 492 g/mol. The molecule has 1 aliphatic rings. The second-order valence-corrected chi connectivity index (χ2v) is 10.2. The summed E-state index contributed by atoms with van der Waals surface area (Å²) in [5, 5.41) is 39.5. The summed E-state index contributed by atoms with van der Waals surface area (Å²) in [4.78, 5) is 12.3. The van der Waals surface area contributed by atoms with Crippen molar-refractivity contribution < 1.29 is 44.2 Å². The summed E-state index contributed by atoms with van der Waals surface area (Å²) in [6.45, 7) is 4.33. The molecule has 0 amide bonds. The molecule has 1 heterocycles. The van der Waals surface area contributed by atoms with Gasteiger partial charge in [-0.3, -0.25) is 4.79 Å². The predicted molar refractivity (Wildman–Crippen MR) is 146 cm³/mol. The van der Waals surface area contributed by atoms with Gasteiger partial charge in [0.15, 0.2) is 6.29 Å². The highest BCUT2D eigenvalue weighted by molar-refractivity contribution is 5.69. The first kappa shape index (κ1) is 35.0. The molecule has 0 spiro atoms. The Labute approximate surface area is 229 Å². The Hall–Kier alpha value is -1.07. The highest BCUT2D eigenvalue weighted by atomic mass is 16.7. The molecule has 0 saturated carbocycles. The summed E-state index contributed by atoms with van der Waals surface area (Å²) in [5.74, 6) is -0.336. The fourth-order valence-corrected chi connectivity index (χ4v) is 4.25. The van der Waals surface area contributed by atoms with E-state index in [1.807, 2.05) is 0 Å². The number of rotatable bonds is 23. The normalized spacial score (nSPS) is 24.6. The van der Waals surface area contributed by atoms with Gasteiger partial charge in [-0.25, -0.2) is 0 Å². The molecule has 6 atom stereocenters. The van der Waals surface area contributed by atoms with Gasteiger partial charge in [0.25, 0.3) is 0 Å². The Morgan fingerprint density at radius 1 is 0.816 bits per heavy atom. The molecule has 0 aliphatic carbocycles. The third-order valence-electron chi connectivity index (χ3n) is 6.66. The van der Waals surface area contributed by atoms with Gasteiger partial charge in [0.2, 0.25) is 0 Å². The zero-order chi connectivity index (χ0) is 28.0. The van der Waals surface area contributed by atoms with Crippen LogP contribution in [0, 0.1) is 0 Å². The van der Waals surface area contributed by atoms with Crippen molar-refractivity contribution in [1.29, 1.82) is 0 Å². The van der Waals surface area contributed by atoms with Crippen LogP contribution in [0.2, 0.25) is 0 Å². The van der Waals surface area contributed by atoms with Gasteiger partial charge in [0.05, 0.1) is 19.8 Å². The number of carbonyl (C=O) groups excluding carboxylic acids is 1. The van der Waals surface area contributed by atoms with E-state index in [1.54, 1.807) is 0 Å². The quantitative estimate of drug-likeness (QED) is 0.0857. The Morgan fingerprint density at radius 3 is 2.21 bits per heavy atom. The first-order valence-corrected chi connectivity index (χ1v) is 14.8. The number of aliphatic hydroxyl groups excluding tert-OH is 4. The number of hydrogen-bond acceptors (Lipinski definition) is 9. The molecule has 0 aromatic carbocycles. The van der Waals surface area contributed by atoms with Crippen LogP contribution in [0.4, 0.5) is 0 Å². The lowest BCUT2D eigenvalue weighted by Crippen LogP contribution is -2.59. The van der Waals surface area contributed by atoms with Crippen molar-refractivity contribution in [1.82, 2.24) is 0 Å². The molecule has 1 fully saturated rings. The summed E-state index contributed by atoms with van der Waals surface area (Å²) in [6, 6.07) is 0. The highest BCUT2D eigenvalue weighted by Gasteiger charge is 2.44.